The molecule has 0 radical (unpaired) electrons. The van der Waals surface area contributed by atoms with Gasteiger partial charge in [-0.15, -0.1) is 17.9 Å². The Morgan fingerprint density at radius 2 is 2.47 bits per heavy atom. The van der Waals surface area contributed by atoms with Crippen molar-refractivity contribution in [1.29, 1.82) is 0 Å². The maximum absolute atomic E-state index is 12.7. The first kappa shape index (κ1) is 14.6. The van der Waals surface area contributed by atoms with Crippen LogP contribution < -0.4 is 5.32 Å². The van der Waals surface area contributed by atoms with Gasteiger partial charge in [0.05, 0.1) is 16.3 Å². The quantitative estimate of drug-likeness (QED) is 0.848. The molecule has 3 nitrogen and oxygen atoms in total. The molecule has 1 aliphatic rings. The number of carbonyl (C=O) groups excluding carboxylic acids is 1. The highest BCUT2D eigenvalue weighted by atomic mass is 35.5. The van der Waals surface area contributed by atoms with E-state index in [1.165, 1.54) is 11.3 Å². The lowest BCUT2D eigenvalue weighted by Crippen LogP contribution is -2.43. The number of nitrogens with one attached hydrogen (secondary N) is 1. The minimum absolute atomic E-state index is 0.196. The van der Waals surface area contributed by atoms with Crippen molar-refractivity contribution >= 4 is 28.8 Å². The summed E-state index contributed by atoms with van der Waals surface area (Å²) < 4.78 is 0.759. The predicted octanol–water partition coefficient (Wildman–Crippen LogP) is 2.92. The molecular weight excluding hydrogens is 280 g/mol. The molecule has 1 saturated heterocycles. The molecule has 1 aliphatic heterocycles. The number of amides is 1. The van der Waals surface area contributed by atoms with E-state index in [1.54, 1.807) is 6.08 Å². The van der Waals surface area contributed by atoms with Crippen LogP contribution in [0.2, 0.25) is 4.34 Å². The van der Waals surface area contributed by atoms with Crippen molar-refractivity contribution in [2.24, 2.45) is 5.41 Å². The monoisotopic (exact) mass is 298 g/mol. The third-order valence-electron chi connectivity index (χ3n) is 3.50. The molecule has 2 heterocycles. The molecule has 0 bridgehead atoms. The molecule has 2 rings (SSSR count). The molecule has 0 aliphatic carbocycles. The first-order valence-corrected chi connectivity index (χ1v) is 7.60. The Morgan fingerprint density at radius 1 is 1.68 bits per heavy atom. The van der Waals surface area contributed by atoms with Crippen LogP contribution >= 0.6 is 22.9 Å². The minimum atomic E-state index is -0.288. The van der Waals surface area contributed by atoms with Crippen LogP contribution in [0.4, 0.5) is 0 Å². The number of nitrogens with zero attached hydrogens (tertiary/aromatic N) is 1. The van der Waals surface area contributed by atoms with Crippen LogP contribution in [0.15, 0.2) is 24.8 Å². The molecule has 1 N–H and O–H groups in total. The number of thiophene rings is 1. The maximum atomic E-state index is 12.7. The summed E-state index contributed by atoms with van der Waals surface area (Å²) in [5.74, 6) is 0.196. The van der Waals surface area contributed by atoms with Crippen LogP contribution in [-0.2, 0) is 11.3 Å². The second kappa shape index (κ2) is 6.07. The summed E-state index contributed by atoms with van der Waals surface area (Å²) in [5.41, 5.74) is -0.288. The van der Waals surface area contributed by atoms with Crippen molar-refractivity contribution in [3.63, 3.8) is 0 Å². The summed E-state index contributed by atoms with van der Waals surface area (Å²) >= 11 is 7.46. The van der Waals surface area contributed by atoms with Gasteiger partial charge in [0.2, 0.25) is 5.91 Å². The van der Waals surface area contributed by atoms with E-state index in [0.29, 0.717) is 13.1 Å². The van der Waals surface area contributed by atoms with Gasteiger partial charge in [0.15, 0.2) is 0 Å². The van der Waals surface area contributed by atoms with E-state index in [0.717, 1.165) is 28.7 Å². The highest BCUT2D eigenvalue weighted by Crippen LogP contribution is 2.29. The zero-order valence-electron chi connectivity index (χ0n) is 11.1. The number of carbonyl (C=O) groups is 1. The fourth-order valence-electron chi connectivity index (χ4n) is 2.38. The van der Waals surface area contributed by atoms with Gasteiger partial charge in [-0.25, -0.2) is 0 Å². The topological polar surface area (TPSA) is 32.3 Å². The summed E-state index contributed by atoms with van der Waals surface area (Å²) in [6.07, 6.45) is 2.67. The van der Waals surface area contributed by atoms with Gasteiger partial charge in [-0.3, -0.25) is 4.79 Å². The van der Waals surface area contributed by atoms with E-state index >= 15 is 0 Å². The van der Waals surface area contributed by atoms with Gasteiger partial charge in [-0.05, 0) is 32.0 Å². The van der Waals surface area contributed by atoms with Gasteiger partial charge in [0.1, 0.15) is 0 Å². The Balaban J connectivity index is 2.10. The average molecular weight is 299 g/mol. The molecule has 1 aromatic rings. The molecule has 1 atom stereocenters. The third kappa shape index (κ3) is 3.38. The molecule has 5 heteroatoms. The summed E-state index contributed by atoms with van der Waals surface area (Å²) in [4.78, 5) is 15.6. The van der Waals surface area contributed by atoms with Crippen molar-refractivity contribution in [1.82, 2.24) is 10.2 Å². The third-order valence-corrected chi connectivity index (χ3v) is 4.71. The lowest BCUT2D eigenvalue weighted by molar-refractivity contribution is -0.140. The second-order valence-corrected chi connectivity index (χ2v) is 6.97. The van der Waals surface area contributed by atoms with Crippen LogP contribution in [0, 0.1) is 5.41 Å². The van der Waals surface area contributed by atoms with Gasteiger partial charge in [0, 0.05) is 18.0 Å². The van der Waals surface area contributed by atoms with E-state index in [2.05, 4.69) is 11.9 Å². The predicted molar refractivity (Wildman–Crippen MR) is 80.5 cm³/mol. The van der Waals surface area contributed by atoms with E-state index in [1.807, 2.05) is 24.0 Å². The van der Waals surface area contributed by atoms with E-state index in [-0.39, 0.29) is 11.3 Å². The average Bonchev–Trinajstić information content (AvgIpc) is 2.98. The van der Waals surface area contributed by atoms with Gasteiger partial charge >= 0.3 is 0 Å². The van der Waals surface area contributed by atoms with Crippen LogP contribution in [0.1, 0.15) is 18.2 Å². The molecule has 0 saturated carbocycles. The fourth-order valence-corrected chi connectivity index (χ4v) is 3.48. The molecule has 0 spiro atoms. The van der Waals surface area contributed by atoms with Crippen LogP contribution in [0.25, 0.3) is 0 Å². The maximum Gasteiger partial charge on any atom is 0.230 e. The Labute approximate surface area is 123 Å². The lowest BCUT2D eigenvalue weighted by atomic mass is 9.88. The standard InChI is InChI=1S/C14H19ClN2OS/c1-3-8-17(9-11-4-5-12(15)19-11)13(18)14(2)6-7-16-10-14/h3-5,16H,1,6-10H2,2H3. The van der Waals surface area contributed by atoms with Gasteiger partial charge in [-0.2, -0.15) is 0 Å². The normalized spacial score (nSPS) is 22.4. The SMILES string of the molecule is C=CCN(Cc1ccc(Cl)s1)C(=O)C1(C)CCNC1. The molecule has 0 aromatic carbocycles. The van der Waals surface area contributed by atoms with Crippen LogP contribution in [-0.4, -0.2) is 30.4 Å². The Kier molecular flexibility index (Phi) is 4.66. The van der Waals surface area contributed by atoms with Crippen molar-refractivity contribution < 1.29 is 4.79 Å². The van der Waals surface area contributed by atoms with E-state index in [4.69, 9.17) is 11.6 Å². The first-order valence-electron chi connectivity index (χ1n) is 6.40. The van der Waals surface area contributed by atoms with Crippen molar-refractivity contribution in [2.75, 3.05) is 19.6 Å². The highest BCUT2D eigenvalue weighted by molar-refractivity contribution is 7.16. The van der Waals surface area contributed by atoms with Crippen LogP contribution in [0.5, 0.6) is 0 Å². The minimum Gasteiger partial charge on any atom is -0.333 e. The Bertz CT molecular complexity index is 466. The number of rotatable bonds is 5. The van der Waals surface area contributed by atoms with Crippen molar-refractivity contribution in [3.8, 4) is 0 Å². The molecular formula is C14H19ClN2OS. The van der Waals surface area contributed by atoms with Crippen molar-refractivity contribution in [2.45, 2.75) is 19.9 Å². The Morgan fingerprint density at radius 3 is 3.00 bits per heavy atom. The fraction of sp³-hybridized carbons (Fsp3) is 0.500. The smallest absolute Gasteiger partial charge is 0.230 e. The molecule has 1 fully saturated rings. The lowest BCUT2D eigenvalue weighted by Gasteiger charge is -2.30. The zero-order valence-corrected chi connectivity index (χ0v) is 12.7. The van der Waals surface area contributed by atoms with Crippen LogP contribution in [0.3, 0.4) is 0 Å². The molecule has 1 unspecified atom stereocenters. The highest BCUT2D eigenvalue weighted by Gasteiger charge is 2.38. The second-order valence-electron chi connectivity index (χ2n) is 5.17. The number of halogens is 1. The zero-order chi connectivity index (χ0) is 13.9. The number of hydrogen-bond donors (Lipinski definition) is 1. The molecule has 19 heavy (non-hydrogen) atoms. The van der Waals surface area contributed by atoms with Crippen molar-refractivity contribution in [3.05, 3.63) is 34.0 Å². The molecule has 104 valence electrons. The van der Waals surface area contributed by atoms with E-state index < -0.39 is 0 Å². The summed E-state index contributed by atoms with van der Waals surface area (Å²) in [6.45, 7) is 8.63. The molecule has 1 amide bonds. The van der Waals surface area contributed by atoms with E-state index in [9.17, 15) is 4.79 Å². The number of hydrogen-bond acceptors (Lipinski definition) is 3. The largest absolute Gasteiger partial charge is 0.333 e. The van der Waals surface area contributed by atoms with Gasteiger partial charge in [0.25, 0.3) is 0 Å². The summed E-state index contributed by atoms with van der Waals surface area (Å²) in [5, 5.41) is 3.27. The van der Waals surface area contributed by atoms with Gasteiger partial charge < -0.3 is 10.2 Å². The molecule has 1 aromatic heterocycles. The summed E-state index contributed by atoms with van der Waals surface area (Å²) in [7, 11) is 0. The van der Waals surface area contributed by atoms with Gasteiger partial charge in [-0.1, -0.05) is 17.7 Å². The first-order chi connectivity index (χ1) is 9.05. The summed E-state index contributed by atoms with van der Waals surface area (Å²) in [6, 6.07) is 3.85. The Hall–Kier alpha value is -0.840.